The fourth-order valence-corrected chi connectivity index (χ4v) is 2.43. The SMILES string of the molecule is Cc1ccc(CNC(=O)/C=C/c2ccc(C)s2)cc1. The zero-order chi connectivity index (χ0) is 13.7. The molecule has 1 heterocycles. The molecule has 98 valence electrons. The first-order valence-corrected chi connectivity index (χ1v) is 7.03. The van der Waals surface area contributed by atoms with Crippen molar-refractivity contribution in [3.63, 3.8) is 0 Å². The van der Waals surface area contributed by atoms with E-state index in [-0.39, 0.29) is 5.91 Å². The zero-order valence-electron chi connectivity index (χ0n) is 11.1. The molecular formula is C16H17NOS. The van der Waals surface area contributed by atoms with Crippen LogP contribution in [0.5, 0.6) is 0 Å². The molecule has 0 bridgehead atoms. The van der Waals surface area contributed by atoms with Gasteiger partial charge in [-0.1, -0.05) is 29.8 Å². The Morgan fingerprint density at radius 3 is 2.53 bits per heavy atom. The number of thiophene rings is 1. The maximum Gasteiger partial charge on any atom is 0.244 e. The molecule has 1 amide bonds. The molecule has 1 aromatic carbocycles. The van der Waals surface area contributed by atoms with E-state index in [1.165, 1.54) is 10.4 Å². The Kier molecular flexibility index (Phi) is 4.53. The number of carbonyl (C=O) groups excluding carboxylic acids is 1. The molecule has 2 aromatic rings. The Labute approximate surface area is 117 Å². The van der Waals surface area contributed by atoms with Crippen LogP contribution < -0.4 is 5.32 Å². The highest BCUT2D eigenvalue weighted by Crippen LogP contribution is 2.16. The van der Waals surface area contributed by atoms with Crippen molar-refractivity contribution in [3.8, 4) is 0 Å². The summed E-state index contributed by atoms with van der Waals surface area (Å²) in [5, 5.41) is 2.87. The van der Waals surface area contributed by atoms with Crippen LogP contribution in [0, 0.1) is 13.8 Å². The maximum absolute atomic E-state index is 11.7. The predicted octanol–water partition coefficient (Wildman–Crippen LogP) is 3.69. The van der Waals surface area contributed by atoms with Gasteiger partial charge < -0.3 is 5.32 Å². The summed E-state index contributed by atoms with van der Waals surface area (Å²) >= 11 is 1.68. The number of hydrogen-bond acceptors (Lipinski definition) is 2. The number of amides is 1. The lowest BCUT2D eigenvalue weighted by molar-refractivity contribution is -0.116. The number of hydrogen-bond donors (Lipinski definition) is 1. The van der Waals surface area contributed by atoms with E-state index in [1.807, 2.05) is 43.3 Å². The van der Waals surface area contributed by atoms with Gasteiger partial charge in [0, 0.05) is 22.4 Å². The number of carbonyl (C=O) groups is 1. The quantitative estimate of drug-likeness (QED) is 0.844. The van der Waals surface area contributed by atoms with Crippen molar-refractivity contribution >= 4 is 23.3 Å². The van der Waals surface area contributed by atoms with Crippen LogP contribution in [0.1, 0.15) is 20.9 Å². The van der Waals surface area contributed by atoms with Gasteiger partial charge in [0.1, 0.15) is 0 Å². The largest absolute Gasteiger partial charge is 0.348 e. The molecule has 0 atom stereocenters. The monoisotopic (exact) mass is 271 g/mol. The Hall–Kier alpha value is -1.87. The Morgan fingerprint density at radius 1 is 1.16 bits per heavy atom. The highest BCUT2D eigenvalue weighted by atomic mass is 32.1. The molecule has 1 N–H and O–H groups in total. The molecule has 19 heavy (non-hydrogen) atoms. The first kappa shape index (κ1) is 13.6. The van der Waals surface area contributed by atoms with Gasteiger partial charge in [-0.15, -0.1) is 11.3 Å². The molecule has 0 saturated heterocycles. The number of nitrogens with one attached hydrogen (secondary N) is 1. The molecule has 3 heteroatoms. The molecule has 0 saturated carbocycles. The van der Waals surface area contributed by atoms with E-state index in [2.05, 4.69) is 18.3 Å². The van der Waals surface area contributed by atoms with E-state index in [0.29, 0.717) is 6.54 Å². The van der Waals surface area contributed by atoms with Crippen LogP contribution in [0.3, 0.4) is 0 Å². The van der Waals surface area contributed by atoms with Crippen molar-refractivity contribution in [1.29, 1.82) is 0 Å². The molecular weight excluding hydrogens is 254 g/mol. The minimum absolute atomic E-state index is 0.0633. The van der Waals surface area contributed by atoms with Crippen molar-refractivity contribution in [2.75, 3.05) is 0 Å². The smallest absolute Gasteiger partial charge is 0.244 e. The second-order valence-electron chi connectivity index (χ2n) is 4.49. The lowest BCUT2D eigenvalue weighted by Gasteiger charge is -2.02. The van der Waals surface area contributed by atoms with Gasteiger partial charge in [0.15, 0.2) is 0 Å². The summed E-state index contributed by atoms with van der Waals surface area (Å²) in [5.74, 6) is -0.0633. The molecule has 0 unspecified atom stereocenters. The van der Waals surface area contributed by atoms with Crippen LogP contribution in [-0.2, 0) is 11.3 Å². The number of rotatable bonds is 4. The van der Waals surface area contributed by atoms with Crippen LogP contribution >= 0.6 is 11.3 Å². The summed E-state index contributed by atoms with van der Waals surface area (Å²) in [6.07, 6.45) is 3.43. The first-order valence-electron chi connectivity index (χ1n) is 6.21. The maximum atomic E-state index is 11.7. The van der Waals surface area contributed by atoms with Gasteiger partial charge in [-0.2, -0.15) is 0 Å². The van der Waals surface area contributed by atoms with Crippen molar-refractivity contribution in [1.82, 2.24) is 5.32 Å². The fourth-order valence-electron chi connectivity index (χ4n) is 1.65. The molecule has 2 nitrogen and oxygen atoms in total. The topological polar surface area (TPSA) is 29.1 Å². The van der Waals surface area contributed by atoms with E-state index in [0.717, 1.165) is 10.4 Å². The Morgan fingerprint density at radius 2 is 1.89 bits per heavy atom. The van der Waals surface area contributed by atoms with Crippen molar-refractivity contribution in [2.45, 2.75) is 20.4 Å². The van der Waals surface area contributed by atoms with Crippen LogP contribution in [0.25, 0.3) is 6.08 Å². The van der Waals surface area contributed by atoms with Crippen molar-refractivity contribution in [3.05, 3.63) is 63.4 Å². The Balaban J connectivity index is 1.84. The summed E-state index contributed by atoms with van der Waals surface area (Å²) in [6.45, 7) is 4.67. The number of benzene rings is 1. The van der Waals surface area contributed by atoms with Gasteiger partial charge in [-0.25, -0.2) is 0 Å². The molecule has 2 rings (SSSR count). The summed E-state index contributed by atoms with van der Waals surface area (Å²) < 4.78 is 0. The lowest BCUT2D eigenvalue weighted by Crippen LogP contribution is -2.20. The van der Waals surface area contributed by atoms with Gasteiger partial charge in [-0.3, -0.25) is 4.79 Å². The lowest BCUT2D eigenvalue weighted by atomic mass is 10.1. The first-order chi connectivity index (χ1) is 9.13. The van der Waals surface area contributed by atoms with Crippen molar-refractivity contribution < 1.29 is 4.79 Å². The summed E-state index contributed by atoms with van der Waals surface area (Å²) in [6, 6.07) is 12.2. The molecule has 0 aliphatic rings. The molecule has 0 radical (unpaired) electrons. The highest BCUT2D eigenvalue weighted by molar-refractivity contribution is 7.12. The third-order valence-corrected chi connectivity index (χ3v) is 3.71. The standard InChI is InChI=1S/C16H17NOS/c1-12-3-6-14(7-4-12)11-17-16(18)10-9-15-8-5-13(2)19-15/h3-10H,11H2,1-2H3,(H,17,18)/b10-9+. The second kappa shape index (κ2) is 6.34. The highest BCUT2D eigenvalue weighted by Gasteiger charge is 1.97. The second-order valence-corrected chi connectivity index (χ2v) is 5.80. The molecule has 1 aromatic heterocycles. The fraction of sp³-hybridized carbons (Fsp3) is 0.188. The van der Waals surface area contributed by atoms with Gasteiger partial charge in [0.2, 0.25) is 5.91 Å². The summed E-state index contributed by atoms with van der Waals surface area (Å²) in [4.78, 5) is 14.0. The third kappa shape index (κ3) is 4.38. The van der Waals surface area contributed by atoms with Gasteiger partial charge in [0.25, 0.3) is 0 Å². The molecule has 0 spiro atoms. The molecule has 0 fully saturated rings. The average molecular weight is 271 g/mol. The number of aryl methyl sites for hydroxylation is 2. The average Bonchev–Trinajstić information content (AvgIpc) is 2.81. The normalized spacial score (nSPS) is 10.8. The van der Waals surface area contributed by atoms with Crippen LogP contribution in [0.15, 0.2) is 42.5 Å². The van der Waals surface area contributed by atoms with Crippen LogP contribution in [-0.4, -0.2) is 5.91 Å². The van der Waals surface area contributed by atoms with E-state index in [9.17, 15) is 4.79 Å². The van der Waals surface area contributed by atoms with E-state index in [4.69, 9.17) is 0 Å². The van der Waals surface area contributed by atoms with Crippen LogP contribution in [0.2, 0.25) is 0 Å². The molecule has 0 aliphatic heterocycles. The minimum Gasteiger partial charge on any atom is -0.348 e. The van der Waals surface area contributed by atoms with E-state index < -0.39 is 0 Å². The van der Waals surface area contributed by atoms with Gasteiger partial charge >= 0.3 is 0 Å². The Bertz CT molecular complexity index is 581. The summed E-state index contributed by atoms with van der Waals surface area (Å²) in [5.41, 5.74) is 2.34. The van der Waals surface area contributed by atoms with Crippen molar-refractivity contribution in [2.24, 2.45) is 0 Å². The predicted molar refractivity (Wildman–Crippen MR) is 81.1 cm³/mol. The van der Waals surface area contributed by atoms with E-state index >= 15 is 0 Å². The third-order valence-electron chi connectivity index (χ3n) is 2.75. The van der Waals surface area contributed by atoms with Crippen LogP contribution in [0.4, 0.5) is 0 Å². The molecule has 0 aliphatic carbocycles. The zero-order valence-corrected chi connectivity index (χ0v) is 12.0. The van der Waals surface area contributed by atoms with Gasteiger partial charge in [-0.05, 0) is 37.6 Å². The summed E-state index contributed by atoms with van der Waals surface area (Å²) in [7, 11) is 0. The minimum atomic E-state index is -0.0633. The van der Waals surface area contributed by atoms with E-state index in [1.54, 1.807) is 17.4 Å². The van der Waals surface area contributed by atoms with Gasteiger partial charge in [0.05, 0.1) is 0 Å².